The van der Waals surface area contributed by atoms with Crippen molar-refractivity contribution in [3.63, 3.8) is 0 Å². The highest BCUT2D eigenvalue weighted by atomic mass is 16.5. The summed E-state index contributed by atoms with van der Waals surface area (Å²) < 4.78 is 5.66. The molecular formula is C17H28N2O2. The molecule has 0 aromatic heterocycles. The van der Waals surface area contributed by atoms with Gasteiger partial charge in [0.15, 0.2) is 6.61 Å². The highest BCUT2D eigenvalue weighted by Gasteiger charge is 2.07. The Morgan fingerprint density at radius 2 is 2.10 bits per heavy atom. The van der Waals surface area contributed by atoms with E-state index in [1.807, 2.05) is 12.1 Å². The molecule has 4 nitrogen and oxygen atoms in total. The smallest absolute Gasteiger partial charge is 0.257 e. The minimum absolute atomic E-state index is 0.0642. The van der Waals surface area contributed by atoms with E-state index >= 15 is 0 Å². The number of aryl methyl sites for hydroxylation is 1. The third kappa shape index (κ3) is 7.14. The van der Waals surface area contributed by atoms with Gasteiger partial charge in [-0.2, -0.15) is 0 Å². The van der Waals surface area contributed by atoms with Gasteiger partial charge in [0, 0.05) is 18.7 Å². The monoisotopic (exact) mass is 292 g/mol. The summed E-state index contributed by atoms with van der Waals surface area (Å²) in [6.07, 6.45) is 0.988. The standard InChI is InChI=1S/C17H28N2O2/c1-5-18-11-15-10-14(4)6-7-16(15)21-12-17(20)19-9-8-13(2)3/h6-7,10,13,18H,5,8-9,11-12H2,1-4H3,(H,19,20). The molecule has 2 N–H and O–H groups in total. The summed E-state index contributed by atoms with van der Waals surface area (Å²) in [6, 6.07) is 6.03. The second-order valence-electron chi connectivity index (χ2n) is 5.71. The third-order valence-electron chi connectivity index (χ3n) is 3.18. The summed E-state index contributed by atoms with van der Waals surface area (Å²) in [5.41, 5.74) is 2.28. The van der Waals surface area contributed by atoms with E-state index in [1.165, 1.54) is 5.56 Å². The Morgan fingerprint density at radius 3 is 2.76 bits per heavy atom. The number of rotatable bonds is 9. The number of carbonyl (C=O) groups is 1. The highest BCUT2D eigenvalue weighted by Crippen LogP contribution is 2.19. The fraction of sp³-hybridized carbons (Fsp3) is 0.588. The van der Waals surface area contributed by atoms with Crippen LogP contribution in [-0.4, -0.2) is 25.6 Å². The molecule has 4 heteroatoms. The predicted molar refractivity (Wildman–Crippen MR) is 86.5 cm³/mol. The molecule has 118 valence electrons. The Kier molecular flexibility index (Phi) is 7.83. The van der Waals surface area contributed by atoms with Crippen LogP contribution in [0.5, 0.6) is 5.75 Å². The molecule has 0 spiro atoms. The Bertz CT molecular complexity index is 444. The van der Waals surface area contributed by atoms with Crippen LogP contribution in [0, 0.1) is 12.8 Å². The first-order valence-corrected chi connectivity index (χ1v) is 7.72. The fourth-order valence-electron chi connectivity index (χ4n) is 1.94. The number of amides is 1. The van der Waals surface area contributed by atoms with E-state index in [0.29, 0.717) is 12.5 Å². The van der Waals surface area contributed by atoms with Crippen LogP contribution in [0.4, 0.5) is 0 Å². The molecular weight excluding hydrogens is 264 g/mol. The van der Waals surface area contributed by atoms with Crippen molar-refractivity contribution in [2.45, 2.75) is 40.7 Å². The molecule has 0 atom stereocenters. The Labute approximate surface area is 128 Å². The molecule has 0 aliphatic carbocycles. The van der Waals surface area contributed by atoms with Gasteiger partial charge < -0.3 is 15.4 Å². The Hall–Kier alpha value is -1.55. The van der Waals surface area contributed by atoms with Crippen LogP contribution in [0.3, 0.4) is 0 Å². The highest BCUT2D eigenvalue weighted by molar-refractivity contribution is 5.77. The van der Waals surface area contributed by atoms with Gasteiger partial charge in [-0.1, -0.05) is 38.5 Å². The van der Waals surface area contributed by atoms with Gasteiger partial charge in [0.1, 0.15) is 5.75 Å². The van der Waals surface area contributed by atoms with Gasteiger partial charge >= 0.3 is 0 Å². The topological polar surface area (TPSA) is 50.4 Å². The van der Waals surface area contributed by atoms with Gasteiger partial charge in [-0.05, 0) is 31.9 Å². The zero-order valence-electron chi connectivity index (χ0n) is 13.7. The molecule has 1 amide bonds. The number of carbonyl (C=O) groups excluding carboxylic acids is 1. The van der Waals surface area contributed by atoms with Crippen molar-refractivity contribution in [1.29, 1.82) is 0 Å². The van der Waals surface area contributed by atoms with E-state index in [9.17, 15) is 4.79 Å². The number of hydrogen-bond acceptors (Lipinski definition) is 3. The molecule has 0 fully saturated rings. The van der Waals surface area contributed by atoms with Crippen LogP contribution in [-0.2, 0) is 11.3 Å². The van der Waals surface area contributed by atoms with Crippen LogP contribution >= 0.6 is 0 Å². The van der Waals surface area contributed by atoms with E-state index in [-0.39, 0.29) is 12.5 Å². The molecule has 1 aromatic rings. The predicted octanol–water partition coefficient (Wildman–Crippen LogP) is 2.65. The van der Waals surface area contributed by atoms with E-state index in [1.54, 1.807) is 0 Å². The van der Waals surface area contributed by atoms with Gasteiger partial charge in [-0.15, -0.1) is 0 Å². The lowest BCUT2D eigenvalue weighted by molar-refractivity contribution is -0.123. The summed E-state index contributed by atoms with van der Waals surface area (Å²) in [4.78, 5) is 11.7. The lowest BCUT2D eigenvalue weighted by Gasteiger charge is -2.13. The molecule has 0 aliphatic heterocycles. The Balaban J connectivity index is 2.48. The van der Waals surface area contributed by atoms with E-state index in [2.05, 4.69) is 44.4 Å². The van der Waals surface area contributed by atoms with Crippen LogP contribution in [0.2, 0.25) is 0 Å². The molecule has 0 aliphatic rings. The largest absolute Gasteiger partial charge is 0.483 e. The van der Waals surface area contributed by atoms with E-state index in [0.717, 1.165) is 30.8 Å². The maximum atomic E-state index is 11.7. The average Bonchev–Trinajstić information content (AvgIpc) is 2.43. The number of ether oxygens (including phenoxy) is 1. The molecule has 21 heavy (non-hydrogen) atoms. The zero-order chi connectivity index (χ0) is 15.7. The van der Waals surface area contributed by atoms with Crippen LogP contribution in [0.25, 0.3) is 0 Å². The summed E-state index contributed by atoms with van der Waals surface area (Å²) >= 11 is 0. The molecule has 0 saturated heterocycles. The molecule has 1 aromatic carbocycles. The maximum Gasteiger partial charge on any atom is 0.257 e. The van der Waals surface area contributed by atoms with E-state index < -0.39 is 0 Å². The van der Waals surface area contributed by atoms with Gasteiger partial charge in [-0.25, -0.2) is 0 Å². The summed E-state index contributed by atoms with van der Waals surface area (Å²) in [7, 11) is 0. The Morgan fingerprint density at radius 1 is 1.33 bits per heavy atom. The average molecular weight is 292 g/mol. The van der Waals surface area contributed by atoms with Gasteiger partial charge in [0.05, 0.1) is 0 Å². The number of hydrogen-bond donors (Lipinski definition) is 2. The molecule has 0 heterocycles. The minimum Gasteiger partial charge on any atom is -0.483 e. The normalized spacial score (nSPS) is 10.7. The molecule has 0 bridgehead atoms. The lowest BCUT2D eigenvalue weighted by Crippen LogP contribution is -2.30. The second kappa shape index (κ2) is 9.40. The fourth-order valence-corrected chi connectivity index (χ4v) is 1.94. The van der Waals surface area contributed by atoms with Crippen molar-refractivity contribution in [3.05, 3.63) is 29.3 Å². The molecule has 1 rings (SSSR count). The van der Waals surface area contributed by atoms with Crippen molar-refractivity contribution in [2.24, 2.45) is 5.92 Å². The van der Waals surface area contributed by atoms with Crippen LogP contribution < -0.4 is 15.4 Å². The van der Waals surface area contributed by atoms with E-state index in [4.69, 9.17) is 4.74 Å². The molecule has 0 radical (unpaired) electrons. The van der Waals surface area contributed by atoms with Gasteiger partial charge in [0.2, 0.25) is 0 Å². The molecule has 0 saturated carbocycles. The van der Waals surface area contributed by atoms with Crippen LogP contribution in [0.15, 0.2) is 18.2 Å². The zero-order valence-corrected chi connectivity index (χ0v) is 13.7. The SMILES string of the molecule is CCNCc1cc(C)ccc1OCC(=O)NCCC(C)C. The van der Waals surface area contributed by atoms with Crippen molar-refractivity contribution < 1.29 is 9.53 Å². The minimum atomic E-state index is -0.0642. The number of benzene rings is 1. The summed E-state index contributed by atoms with van der Waals surface area (Å²) in [5.74, 6) is 1.31. The lowest BCUT2D eigenvalue weighted by atomic mass is 10.1. The van der Waals surface area contributed by atoms with Gasteiger partial charge in [-0.3, -0.25) is 4.79 Å². The van der Waals surface area contributed by atoms with Gasteiger partial charge in [0.25, 0.3) is 5.91 Å². The molecule has 0 unspecified atom stereocenters. The van der Waals surface area contributed by atoms with Crippen molar-refractivity contribution >= 4 is 5.91 Å². The summed E-state index contributed by atoms with van der Waals surface area (Å²) in [6.45, 7) is 10.8. The maximum absolute atomic E-state index is 11.7. The number of nitrogens with one attached hydrogen (secondary N) is 2. The van der Waals surface area contributed by atoms with Crippen molar-refractivity contribution in [2.75, 3.05) is 19.7 Å². The third-order valence-corrected chi connectivity index (χ3v) is 3.18. The summed E-state index contributed by atoms with van der Waals surface area (Å²) in [5, 5.41) is 6.16. The second-order valence-corrected chi connectivity index (χ2v) is 5.71. The van der Waals surface area contributed by atoms with Crippen molar-refractivity contribution in [1.82, 2.24) is 10.6 Å². The first kappa shape index (κ1) is 17.5. The van der Waals surface area contributed by atoms with Crippen molar-refractivity contribution in [3.8, 4) is 5.75 Å². The quantitative estimate of drug-likeness (QED) is 0.735. The first-order valence-electron chi connectivity index (χ1n) is 7.72. The van der Waals surface area contributed by atoms with Crippen LogP contribution in [0.1, 0.15) is 38.3 Å². The first-order chi connectivity index (χ1) is 10.0.